The number of hydrogen-bond donors (Lipinski definition) is 2. The molecule has 0 unspecified atom stereocenters. The standard InChI is InChI=1S/C15H17N3O2.H2O/c16-12(8-9-14(17)19)15(20)18-13-7-3-5-10-4-1-2-6-11(10)13;/h1-7,12H,8-9,16H2,(H2,17,19)(H,18,20);1H2/p-1/t12-;/m0./s1. The quantitative estimate of drug-likeness (QED) is 0.591. The molecular weight excluding hydrogens is 270 g/mol. The van der Waals surface area contributed by atoms with Crippen LogP contribution in [0.1, 0.15) is 12.8 Å². The highest BCUT2D eigenvalue weighted by Crippen LogP contribution is 2.25. The Hall–Kier alpha value is -2.44. The zero-order valence-electron chi connectivity index (χ0n) is 11.5. The molecule has 6 heteroatoms. The Morgan fingerprint density at radius 3 is 2.57 bits per heavy atom. The summed E-state index contributed by atoms with van der Waals surface area (Å²) in [6, 6.07) is 12.4. The molecule has 6 N–H and O–H groups in total. The molecule has 0 aromatic heterocycles. The lowest BCUT2D eigenvalue weighted by molar-refractivity contribution is -0.220. The van der Waals surface area contributed by atoms with Crippen molar-refractivity contribution >= 4 is 28.3 Å². The van der Waals surface area contributed by atoms with Crippen molar-refractivity contribution in [3.8, 4) is 0 Å². The van der Waals surface area contributed by atoms with Crippen LogP contribution in [-0.2, 0) is 4.79 Å². The maximum absolute atomic E-state index is 11.9. The van der Waals surface area contributed by atoms with Crippen LogP contribution in [-0.4, -0.2) is 23.3 Å². The van der Waals surface area contributed by atoms with Gasteiger partial charge >= 0.3 is 0 Å². The third kappa shape index (κ3) is 4.27. The maximum Gasteiger partial charge on any atom is 0.217 e. The van der Waals surface area contributed by atoms with Gasteiger partial charge in [-0.15, -0.1) is 0 Å². The number of nitrogens with zero attached hydrogens (tertiary/aromatic N) is 1. The summed E-state index contributed by atoms with van der Waals surface area (Å²) in [5.41, 5.74) is 11.3. The zero-order valence-corrected chi connectivity index (χ0v) is 11.5. The molecule has 6 nitrogen and oxygen atoms in total. The SMILES string of the molecule is NC(=O)CC[C@H](N)C([O-])=Nc1cccc2ccccc12.O. The highest BCUT2D eigenvalue weighted by atomic mass is 16.3. The molecule has 0 aliphatic rings. The van der Waals surface area contributed by atoms with Gasteiger partial charge in [0.1, 0.15) is 0 Å². The van der Waals surface area contributed by atoms with Gasteiger partial charge in [0.25, 0.3) is 0 Å². The molecule has 0 bridgehead atoms. The fraction of sp³-hybridized carbons (Fsp3) is 0.200. The second-order valence-electron chi connectivity index (χ2n) is 4.56. The predicted octanol–water partition coefficient (Wildman–Crippen LogP) is -0.00180. The number of carbonyl (C=O) groups is 1. The third-order valence-electron chi connectivity index (χ3n) is 3.02. The molecule has 0 saturated heterocycles. The number of primary amides is 1. The average Bonchev–Trinajstić information content (AvgIpc) is 2.45. The van der Waals surface area contributed by atoms with Crippen LogP contribution in [0.3, 0.4) is 0 Å². The summed E-state index contributed by atoms with van der Waals surface area (Å²) in [5, 5.41) is 13.8. The molecular formula is C15H18N3O3-. The number of benzene rings is 2. The summed E-state index contributed by atoms with van der Waals surface area (Å²) in [6.45, 7) is 0. The number of amides is 1. The number of carbonyl (C=O) groups excluding carboxylic acids is 1. The molecule has 1 atom stereocenters. The normalized spacial score (nSPS) is 12.7. The van der Waals surface area contributed by atoms with E-state index in [1.54, 1.807) is 6.07 Å². The second kappa shape index (κ2) is 7.37. The summed E-state index contributed by atoms with van der Waals surface area (Å²) < 4.78 is 0. The summed E-state index contributed by atoms with van der Waals surface area (Å²) in [6.07, 6.45) is 0.292. The molecule has 1 amide bonds. The fourth-order valence-electron chi connectivity index (χ4n) is 1.93. The van der Waals surface area contributed by atoms with E-state index in [1.807, 2.05) is 36.4 Å². The topological polar surface area (TPSA) is 136 Å². The largest absolute Gasteiger partial charge is 0.861 e. The Balaban J connectivity index is 0.00000220. The fourth-order valence-corrected chi connectivity index (χ4v) is 1.93. The first-order chi connectivity index (χ1) is 9.58. The minimum absolute atomic E-state index is 0. The number of rotatable bonds is 5. The van der Waals surface area contributed by atoms with E-state index in [4.69, 9.17) is 11.5 Å². The van der Waals surface area contributed by atoms with E-state index >= 15 is 0 Å². The Morgan fingerprint density at radius 2 is 1.86 bits per heavy atom. The van der Waals surface area contributed by atoms with E-state index in [0.29, 0.717) is 5.69 Å². The number of aliphatic imine (C=N–C) groups is 1. The van der Waals surface area contributed by atoms with E-state index in [-0.39, 0.29) is 18.3 Å². The molecule has 0 aliphatic carbocycles. The molecule has 0 spiro atoms. The molecule has 112 valence electrons. The molecule has 0 saturated carbocycles. The van der Waals surface area contributed by atoms with Crippen LogP contribution in [0.2, 0.25) is 0 Å². The van der Waals surface area contributed by atoms with Crippen LogP contribution in [0.15, 0.2) is 47.5 Å². The van der Waals surface area contributed by atoms with Gasteiger partial charge in [-0.25, -0.2) is 0 Å². The Morgan fingerprint density at radius 1 is 1.19 bits per heavy atom. The van der Waals surface area contributed by atoms with Gasteiger partial charge in [-0.05, 0) is 23.8 Å². The van der Waals surface area contributed by atoms with Gasteiger partial charge in [0.15, 0.2) is 0 Å². The highest BCUT2D eigenvalue weighted by Gasteiger charge is 2.06. The van der Waals surface area contributed by atoms with Crippen LogP contribution in [0.25, 0.3) is 10.8 Å². The number of fused-ring (bicyclic) bond motifs is 1. The number of nitrogens with two attached hydrogens (primary N) is 2. The molecule has 0 fully saturated rings. The van der Waals surface area contributed by atoms with Crippen LogP contribution < -0.4 is 16.6 Å². The Labute approximate surface area is 122 Å². The molecule has 21 heavy (non-hydrogen) atoms. The summed E-state index contributed by atoms with van der Waals surface area (Å²) >= 11 is 0. The monoisotopic (exact) mass is 288 g/mol. The van der Waals surface area contributed by atoms with E-state index < -0.39 is 17.8 Å². The highest BCUT2D eigenvalue weighted by molar-refractivity contribution is 5.95. The van der Waals surface area contributed by atoms with Crippen molar-refractivity contribution in [3.05, 3.63) is 42.5 Å². The van der Waals surface area contributed by atoms with Gasteiger partial charge < -0.3 is 22.1 Å². The first kappa shape index (κ1) is 16.6. The maximum atomic E-state index is 11.9. The van der Waals surface area contributed by atoms with E-state index in [1.165, 1.54) is 0 Å². The Bertz CT molecular complexity index is 650. The lowest BCUT2D eigenvalue weighted by Gasteiger charge is -2.18. The van der Waals surface area contributed by atoms with Crippen molar-refractivity contribution in [2.45, 2.75) is 18.9 Å². The molecule has 0 aliphatic heterocycles. The smallest absolute Gasteiger partial charge is 0.217 e. The van der Waals surface area contributed by atoms with Crippen molar-refractivity contribution < 1.29 is 15.4 Å². The van der Waals surface area contributed by atoms with E-state index in [0.717, 1.165) is 10.8 Å². The Kier molecular flexibility index (Phi) is 5.83. The van der Waals surface area contributed by atoms with Crippen LogP contribution in [0.5, 0.6) is 0 Å². The summed E-state index contributed by atoms with van der Waals surface area (Å²) in [5.74, 6) is -0.916. The van der Waals surface area contributed by atoms with Crippen molar-refractivity contribution in [2.24, 2.45) is 16.5 Å². The second-order valence-corrected chi connectivity index (χ2v) is 4.56. The predicted molar refractivity (Wildman–Crippen MR) is 81.1 cm³/mol. The zero-order chi connectivity index (χ0) is 14.5. The number of hydrogen-bond acceptors (Lipinski definition) is 4. The molecule has 2 aromatic rings. The van der Waals surface area contributed by atoms with Gasteiger partial charge in [0, 0.05) is 17.8 Å². The lowest BCUT2D eigenvalue weighted by Crippen LogP contribution is -2.39. The van der Waals surface area contributed by atoms with Gasteiger partial charge in [-0.2, -0.15) is 0 Å². The van der Waals surface area contributed by atoms with Crippen LogP contribution in [0, 0.1) is 0 Å². The van der Waals surface area contributed by atoms with Crippen LogP contribution >= 0.6 is 0 Å². The van der Waals surface area contributed by atoms with Crippen molar-refractivity contribution in [1.82, 2.24) is 0 Å². The minimum atomic E-state index is -0.804. The third-order valence-corrected chi connectivity index (χ3v) is 3.02. The van der Waals surface area contributed by atoms with Crippen molar-refractivity contribution in [2.75, 3.05) is 0 Å². The summed E-state index contributed by atoms with van der Waals surface area (Å²) in [7, 11) is 0. The molecule has 0 radical (unpaired) electrons. The van der Waals surface area contributed by atoms with Gasteiger partial charge in [0.2, 0.25) is 5.91 Å². The van der Waals surface area contributed by atoms with Gasteiger partial charge in [0.05, 0.1) is 5.69 Å². The molecule has 2 aromatic carbocycles. The minimum Gasteiger partial charge on any atom is -0.861 e. The lowest BCUT2D eigenvalue weighted by atomic mass is 10.1. The van der Waals surface area contributed by atoms with E-state index in [9.17, 15) is 9.90 Å². The first-order valence-corrected chi connectivity index (χ1v) is 6.35. The van der Waals surface area contributed by atoms with Crippen molar-refractivity contribution in [1.29, 1.82) is 0 Å². The average molecular weight is 288 g/mol. The molecule has 2 rings (SSSR count). The molecule has 0 heterocycles. The summed E-state index contributed by atoms with van der Waals surface area (Å²) in [4.78, 5) is 14.7. The van der Waals surface area contributed by atoms with Crippen LogP contribution in [0.4, 0.5) is 5.69 Å². The van der Waals surface area contributed by atoms with Gasteiger partial charge in [-0.1, -0.05) is 36.4 Å². The van der Waals surface area contributed by atoms with Crippen molar-refractivity contribution in [3.63, 3.8) is 0 Å². The van der Waals surface area contributed by atoms with Gasteiger partial charge in [-0.3, -0.25) is 9.79 Å². The first-order valence-electron chi connectivity index (χ1n) is 6.35. The van der Waals surface area contributed by atoms with E-state index in [2.05, 4.69) is 4.99 Å².